The Morgan fingerprint density at radius 1 is 1.09 bits per heavy atom. The highest BCUT2D eigenvalue weighted by Gasteiger charge is 2.17. The van der Waals surface area contributed by atoms with E-state index in [2.05, 4.69) is 15.0 Å². The monoisotopic (exact) mass is 473 g/mol. The van der Waals surface area contributed by atoms with Gasteiger partial charge in [0, 0.05) is 30.9 Å². The van der Waals surface area contributed by atoms with Gasteiger partial charge in [-0.2, -0.15) is 0 Å². The molecule has 2 N–H and O–H groups in total. The van der Waals surface area contributed by atoms with E-state index in [1.807, 2.05) is 43.3 Å². The van der Waals surface area contributed by atoms with Gasteiger partial charge in [0.15, 0.2) is 0 Å². The lowest BCUT2D eigenvalue weighted by Gasteiger charge is -2.15. The molecule has 1 atom stereocenters. The second-order valence-corrected chi connectivity index (χ2v) is 9.23. The summed E-state index contributed by atoms with van der Waals surface area (Å²) in [6.07, 6.45) is 3.46. The molecule has 3 rings (SSSR count). The largest absolute Gasteiger partial charge is 0.489 e. The molecule has 1 unspecified atom stereocenters. The van der Waals surface area contributed by atoms with Gasteiger partial charge in [0.25, 0.3) is 0 Å². The van der Waals surface area contributed by atoms with Crippen LogP contribution in [0.2, 0.25) is 5.02 Å². The summed E-state index contributed by atoms with van der Waals surface area (Å²) in [6, 6.07) is 17.1. The van der Waals surface area contributed by atoms with Crippen LogP contribution in [0.5, 0.6) is 5.75 Å². The third kappa shape index (κ3) is 6.78. The van der Waals surface area contributed by atoms with Crippen molar-refractivity contribution in [2.24, 2.45) is 0 Å². The van der Waals surface area contributed by atoms with Gasteiger partial charge in [-0.3, -0.25) is 9.78 Å². The van der Waals surface area contributed by atoms with E-state index in [4.69, 9.17) is 16.3 Å². The number of benzene rings is 2. The van der Waals surface area contributed by atoms with Crippen molar-refractivity contribution in [1.29, 1.82) is 0 Å². The quantitative estimate of drug-likeness (QED) is 0.466. The number of hydrogen-bond donors (Lipinski definition) is 2. The highest BCUT2D eigenvalue weighted by Crippen LogP contribution is 2.20. The van der Waals surface area contributed by atoms with Gasteiger partial charge in [0.1, 0.15) is 17.3 Å². The van der Waals surface area contributed by atoms with Gasteiger partial charge in [-0.25, -0.2) is 13.1 Å². The second-order valence-electron chi connectivity index (χ2n) is 7.09. The number of nitrogens with zero attached hydrogens (tertiary/aromatic N) is 1. The second kappa shape index (κ2) is 11.1. The molecule has 0 saturated heterocycles. The van der Waals surface area contributed by atoms with Crippen molar-refractivity contribution in [1.82, 2.24) is 15.0 Å². The molecule has 32 heavy (non-hydrogen) atoms. The molecule has 0 spiro atoms. The van der Waals surface area contributed by atoms with Crippen molar-refractivity contribution in [3.05, 3.63) is 89.2 Å². The number of sulfonamides is 1. The predicted molar refractivity (Wildman–Crippen MR) is 123 cm³/mol. The summed E-state index contributed by atoms with van der Waals surface area (Å²) in [5, 5.41) is 2.99. The zero-order valence-corrected chi connectivity index (χ0v) is 19.1. The number of nitrogens with one attached hydrogen (secondary N) is 2. The lowest BCUT2D eigenvalue weighted by Crippen LogP contribution is -2.32. The predicted octanol–water partition coefficient (Wildman–Crippen LogP) is 3.86. The number of aromatic nitrogens is 1. The first-order chi connectivity index (χ1) is 15.3. The van der Waals surface area contributed by atoms with Crippen molar-refractivity contribution in [2.75, 3.05) is 6.54 Å². The van der Waals surface area contributed by atoms with E-state index in [1.165, 1.54) is 12.1 Å². The fourth-order valence-electron chi connectivity index (χ4n) is 2.94. The maximum absolute atomic E-state index is 12.3. The molecular formula is C23H24ClN3O4S. The lowest BCUT2D eigenvalue weighted by molar-refractivity contribution is -0.121. The molecule has 0 aliphatic heterocycles. The van der Waals surface area contributed by atoms with Gasteiger partial charge in [0.2, 0.25) is 15.9 Å². The topological polar surface area (TPSA) is 97.4 Å². The Balaban J connectivity index is 1.45. The minimum absolute atomic E-state index is 0.000326. The van der Waals surface area contributed by atoms with E-state index in [1.54, 1.807) is 24.5 Å². The zero-order chi connectivity index (χ0) is 23.0. The first kappa shape index (κ1) is 23.7. The molecule has 1 heterocycles. The molecule has 9 heteroatoms. The fraction of sp³-hybridized carbons (Fsp3) is 0.217. The first-order valence-corrected chi connectivity index (χ1v) is 11.9. The molecular weight excluding hydrogens is 450 g/mol. The van der Waals surface area contributed by atoms with Crippen LogP contribution in [0.25, 0.3) is 0 Å². The van der Waals surface area contributed by atoms with Crippen LogP contribution in [0, 0.1) is 0 Å². The SMILES string of the molecule is CC(NC(=O)CCNS(=O)(=O)c1ccccc1Cl)c1ccc(OCc2cccnc2)cc1. The molecule has 0 bridgehead atoms. The van der Waals surface area contributed by atoms with E-state index < -0.39 is 10.0 Å². The average Bonchev–Trinajstić information content (AvgIpc) is 2.78. The molecule has 1 aromatic heterocycles. The van der Waals surface area contributed by atoms with Crippen LogP contribution in [-0.2, 0) is 21.4 Å². The molecule has 0 aliphatic carbocycles. The van der Waals surface area contributed by atoms with Crippen LogP contribution in [0.15, 0.2) is 78.0 Å². The third-order valence-electron chi connectivity index (χ3n) is 4.66. The van der Waals surface area contributed by atoms with Crippen LogP contribution in [0.3, 0.4) is 0 Å². The number of carbonyl (C=O) groups is 1. The maximum Gasteiger partial charge on any atom is 0.242 e. The molecule has 2 aromatic carbocycles. The summed E-state index contributed by atoms with van der Waals surface area (Å²) >= 11 is 5.94. The van der Waals surface area contributed by atoms with Crippen molar-refractivity contribution >= 4 is 27.5 Å². The van der Waals surface area contributed by atoms with Crippen LogP contribution in [0.1, 0.15) is 30.5 Å². The molecule has 0 radical (unpaired) electrons. The summed E-state index contributed by atoms with van der Waals surface area (Å²) in [6.45, 7) is 2.24. The Kier molecular flexibility index (Phi) is 8.21. The van der Waals surface area contributed by atoms with Gasteiger partial charge >= 0.3 is 0 Å². The number of carbonyl (C=O) groups excluding carboxylic acids is 1. The standard InChI is InChI=1S/C23H24ClN3O4S/c1-17(19-8-10-20(11-9-19)31-16-18-5-4-13-25-15-18)27-23(28)12-14-26-32(29,30)22-7-3-2-6-21(22)24/h2-11,13,15,17,26H,12,14,16H2,1H3,(H,27,28). The summed E-state index contributed by atoms with van der Waals surface area (Å²) < 4.78 is 32.8. The normalized spacial score (nSPS) is 12.2. The van der Waals surface area contributed by atoms with E-state index in [9.17, 15) is 13.2 Å². The maximum atomic E-state index is 12.3. The lowest BCUT2D eigenvalue weighted by atomic mass is 10.1. The minimum atomic E-state index is -3.78. The van der Waals surface area contributed by atoms with Crippen molar-refractivity contribution < 1.29 is 17.9 Å². The Morgan fingerprint density at radius 2 is 1.84 bits per heavy atom. The van der Waals surface area contributed by atoms with Gasteiger partial charge in [-0.1, -0.05) is 41.9 Å². The van der Waals surface area contributed by atoms with Gasteiger partial charge < -0.3 is 10.1 Å². The summed E-state index contributed by atoms with van der Waals surface area (Å²) in [5.41, 5.74) is 1.88. The van der Waals surface area contributed by atoms with Gasteiger partial charge in [0.05, 0.1) is 11.1 Å². The van der Waals surface area contributed by atoms with Crippen LogP contribution < -0.4 is 14.8 Å². The summed E-state index contributed by atoms with van der Waals surface area (Å²) in [7, 11) is -3.78. The number of hydrogen-bond acceptors (Lipinski definition) is 5. The van der Waals surface area contributed by atoms with Gasteiger partial charge in [-0.15, -0.1) is 0 Å². The first-order valence-electron chi connectivity index (χ1n) is 10.0. The molecule has 0 fully saturated rings. The third-order valence-corrected chi connectivity index (χ3v) is 6.62. The number of amides is 1. The minimum Gasteiger partial charge on any atom is -0.489 e. The fourth-order valence-corrected chi connectivity index (χ4v) is 4.49. The summed E-state index contributed by atoms with van der Waals surface area (Å²) in [4.78, 5) is 16.3. The van der Waals surface area contributed by atoms with Crippen molar-refractivity contribution in [2.45, 2.75) is 30.9 Å². The summed E-state index contributed by atoms with van der Waals surface area (Å²) in [5.74, 6) is 0.446. The van der Waals surface area contributed by atoms with E-state index in [-0.39, 0.29) is 34.8 Å². The van der Waals surface area contributed by atoms with Crippen LogP contribution in [-0.4, -0.2) is 25.9 Å². The smallest absolute Gasteiger partial charge is 0.242 e. The van der Waals surface area contributed by atoms with Crippen LogP contribution >= 0.6 is 11.6 Å². The van der Waals surface area contributed by atoms with Crippen LogP contribution in [0.4, 0.5) is 0 Å². The Bertz CT molecular complexity index is 1140. The molecule has 0 saturated carbocycles. The van der Waals surface area contributed by atoms with Gasteiger partial charge in [-0.05, 0) is 42.8 Å². The highest BCUT2D eigenvalue weighted by molar-refractivity contribution is 7.89. The van der Waals surface area contributed by atoms with E-state index in [0.29, 0.717) is 12.4 Å². The molecule has 3 aromatic rings. The Morgan fingerprint density at radius 3 is 2.53 bits per heavy atom. The molecule has 0 aliphatic rings. The van der Waals surface area contributed by atoms with Crippen molar-refractivity contribution in [3.63, 3.8) is 0 Å². The number of rotatable bonds is 10. The van der Waals surface area contributed by atoms with E-state index >= 15 is 0 Å². The zero-order valence-electron chi connectivity index (χ0n) is 17.5. The average molecular weight is 474 g/mol. The van der Waals surface area contributed by atoms with Crippen molar-refractivity contribution in [3.8, 4) is 5.75 Å². The molecule has 168 valence electrons. The highest BCUT2D eigenvalue weighted by atomic mass is 35.5. The number of pyridine rings is 1. The Hall–Kier alpha value is -2.94. The molecule has 7 nitrogen and oxygen atoms in total. The number of ether oxygens (including phenoxy) is 1. The van der Waals surface area contributed by atoms with E-state index in [0.717, 1.165) is 11.1 Å². The Labute approximate surface area is 192 Å². The molecule has 1 amide bonds. The number of halogens is 1.